The molecule has 0 saturated carbocycles. The first kappa shape index (κ1) is 14.0. The van der Waals surface area contributed by atoms with Crippen molar-refractivity contribution in [1.29, 1.82) is 0 Å². The molecule has 3 N–H and O–H groups in total. The van der Waals surface area contributed by atoms with Crippen molar-refractivity contribution in [2.75, 3.05) is 26.3 Å². The zero-order valence-corrected chi connectivity index (χ0v) is 10.9. The minimum atomic E-state index is -0.722. The van der Waals surface area contributed by atoms with Gasteiger partial charge in [-0.2, -0.15) is 5.10 Å². The molecule has 0 aromatic heterocycles. The monoisotopic (exact) mass is 276 g/mol. The lowest BCUT2D eigenvalue weighted by Gasteiger charge is -2.26. The predicted octanol–water partition coefficient (Wildman–Crippen LogP) is 0.161. The maximum absolute atomic E-state index is 12.2. The number of nitrogens with one attached hydrogen (secondary N) is 1. The normalized spacial score (nSPS) is 15.3. The van der Waals surface area contributed by atoms with Gasteiger partial charge in [0.05, 0.1) is 19.4 Å². The van der Waals surface area contributed by atoms with E-state index in [-0.39, 0.29) is 5.91 Å². The van der Waals surface area contributed by atoms with Gasteiger partial charge < -0.3 is 15.4 Å². The molecule has 1 heterocycles. The van der Waals surface area contributed by atoms with Gasteiger partial charge in [0.2, 0.25) is 0 Å². The van der Waals surface area contributed by atoms with Crippen molar-refractivity contribution in [2.24, 2.45) is 10.8 Å². The maximum atomic E-state index is 12.2. The first-order valence-electron chi connectivity index (χ1n) is 6.22. The molecule has 0 radical (unpaired) electrons. The molecule has 0 bridgehead atoms. The first-order chi connectivity index (χ1) is 9.66. The summed E-state index contributed by atoms with van der Waals surface area (Å²) < 4.78 is 5.21. The standard InChI is InChI=1S/C13H16N4O3/c14-13(19)16-15-9-10-1-3-11(4-2-10)12(18)17-5-7-20-8-6-17/h1-4,9H,5-8H2,(H3,14,16,19). The summed E-state index contributed by atoms with van der Waals surface area (Å²) in [6.07, 6.45) is 1.45. The Kier molecular flexibility index (Phi) is 4.67. The number of ether oxygens (including phenoxy) is 1. The summed E-state index contributed by atoms with van der Waals surface area (Å²) in [5.41, 5.74) is 8.36. The Balaban J connectivity index is 1.98. The molecule has 0 atom stereocenters. The van der Waals surface area contributed by atoms with Crippen molar-refractivity contribution < 1.29 is 14.3 Å². The Labute approximate surface area is 116 Å². The van der Waals surface area contributed by atoms with Crippen LogP contribution in [0.15, 0.2) is 29.4 Å². The zero-order valence-electron chi connectivity index (χ0n) is 10.9. The number of carbonyl (C=O) groups is 2. The maximum Gasteiger partial charge on any atom is 0.332 e. The summed E-state index contributed by atoms with van der Waals surface area (Å²) in [6.45, 7) is 2.39. The summed E-state index contributed by atoms with van der Waals surface area (Å²) in [6, 6.07) is 6.23. The van der Waals surface area contributed by atoms with Gasteiger partial charge in [0.25, 0.3) is 5.91 Å². The van der Waals surface area contributed by atoms with Crippen LogP contribution in [0.4, 0.5) is 4.79 Å². The number of nitrogens with zero attached hydrogens (tertiary/aromatic N) is 2. The molecule has 1 aromatic rings. The number of hydrogen-bond acceptors (Lipinski definition) is 4. The Morgan fingerprint density at radius 1 is 1.25 bits per heavy atom. The number of hydrazone groups is 1. The second kappa shape index (κ2) is 6.67. The number of urea groups is 1. The average molecular weight is 276 g/mol. The summed E-state index contributed by atoms with van der Waals surface area (Å²) in [4.78, 5) is 24.4. The van der Waals surface area contributed by atoms with E-state index in [2.05, 4.69) is 10.5 Å². The lowest BCUT2D eigenvalue weighted by molar-refractivity contribution is 0.0303. The molecule has 1 fully saturated rings. The van der Waals surface area contributed by atoms with Crippen molar-refractivity contribution in [3.8, 4) is 0 Å². The number of amides is 3. The van der Waals surface area contributed by atoms with Gasteiger partial charge in [0.1, 0.15) is 0 Å². The van der Waals surface area contributed by atoms with Gasteiger partial charge >= 0.3 is 6.03 Å². The van der Waals surface area contributed by atoms with Crippen LogP contribution < -0.4 is 11.2 Å². The lowest BCUT2D eigenvalue weighted by Crippen LogP contribution is -2.40. The highest BCUT2D eigenvalue weighted by Crippen LogP contribution is 2.08. The third kappa shape index (κ3) is 3.79. The molecule has 7 nitrogen and oxygen atoms in total. The van der Waals surface area contributed by atoms with Crippen LogP contribution in [0.5, 0.6) is 0 Å². The first-order valence-corrected chi connectivity index (χ1v) is 6.22. The topological polar surface area (TPSA) is 97.0 Å². The minimum Gasteiger partial charge on any atom is -0.378 e. The number of benzene rings is 1. The number of morpholine rings is 1. The highest BCUT2D eigenvalue weighted by atomic mass is 16.5. The van der Waals surface area contributed by atoms with Crippen LogP contribution >= 0.6 is 0 Å². The Hall–Kier alpha value is -2.41. The molecule has 7 heteroatoms. The van der Waals surface area contributed by atoms with Crippen LogP contribution in [0.2, 0.25) is 0 Å². The minimum absolute atomic E-state index is 0.00736. The Morgan fingerprint density at radius 3 is 2.50 bits per heavy atom. The quantitative estimate of drug-likeness (QED) is 0.608. The molecule has 1 aromatic carbocycles. The summed E-state index contributed by atoms with van der Waals surface area (Å²) in [5.74, 6) is -0.00736. The second-order valence-corrected chi connectivity index (χ2v) is 4.26. The van der Waals surface area contributed by atoms with Crippen LogP contribution in [-0.2, 0) is 4.74 Å². The van der Waals surface area contributed by atoms with E-state index in [4.69, 9.17) is 10.5 Å². The van der Waals surface area contributed by atoms with E-state index in [1.807, 2.05) is 0 Å². The lowest BCUT2D eigenvalue weighted by atomic mass is 10.1. The molecule has 0 unspecified atom stereocenters. The van der Waals surface area contributed by atoms with Crippen molar-refractivity contribution in [3.63, 3.8) is 0 Å². The fourth-order valence-corrected chi connectivity index (χ4v) is 1.83. The molecule has 1 saturated heterocycles. The SMILES string of the molecule is NC(=O)NN=Cc1ccc(C(=O)N2CCOCC2)cc1. The van der Waals surface area contributed by atoms with Gasteiger partial charge in [-0.3, -0.25) is 4.79 Å². The molecule has 2 rings (SSSR count). The van der Waals surface area contributed by atoms with Crippen molar-refractivity contribution in [1.82, 2.24) is 10.3 Å². The number of carbonyl (C=O) groups excluding carboxylic acids is 2. The average Bonchev–Trinajstić information content (AvgIpc) is 2.48. The van der Waals surface area contributed by atoms with Crippen molar-refractivity contribution in [3.05, 3.63) is 35.4 Å². The van der Waals surface area contributed by atoms with Crippen molar-refractivity contribution >= 4 is 18.2 Å². The molecule has 3 amide bonds. The fraction of sp³-hybridized carbons (Fsp3) is 0.308. The smallest absolute Gasteiger partial charge is 0.332 e. The van der Waals surface area contributed by atoms with Crippen LogP contribution in [0.3, 0.4) is 0 Å². The van der Waals surface area contributed by atoms with Gasteiger partial charge in [0, 0.05) is 18.7 Å². The van der Waals surface area contributed by atoms with E-state index >= 15 is 0 Å². The number of primary amides is 1. The third-order valence-electron chi connectivity index (χ3n) is 2.84. The van der Waals surface area contributed by atoms with Crippen LogP contribution in [0, 0.1) is 0 Å². The highest BCUT2D eigenvalue weighted by molar-refractivity contribution is 5.95. The summed E-state index contributed by atoms with van der Waals surface area (Å²) >= 11 is 0. The summed E-state index contributed by atoms with van der Waals surface area (Å²) in [5, 5.41) is 3.64. The molecule has 1 aliphatic rings. The van der Waals surface area contributed by atoms with Gasteiger partial charge in [-0.05, 0) is 17.7 Å². The van der Waals surface area contributed by atoms with E-state index in [0.29, 0.717) is 31.9 Å². The largest absolute Gasteiger partial charge is 0.378 e. The molecule has 20 heavy (non-hydrogen) atoms. The molecule has 106 valence electrons. The van der Waals surface area contributed by atoms with E-state index < -0.39 is 6.03 Å². The Morgan fingerprint density at radius 2 is 1.90 bits per heavy atom. The summed E-state index contributed by atoms with van der Waals surface area (Å²) in [7, 11) is 0. The van der Waals surface area contributed by atoms with Crippen LogP contribution in [0.25, 0.3) is 0 Å². The fourth-order valence-electron chi connectivity index (χ4n) is 1.83. The van der Waals surface area contributed by atoms with Gasteiger partial charge in [-0.25, -0.2) is 10.2 Å². The van der Waals surface area contributed by atoms with E-state index in [9.17, 15) is 9.59 Å². The van der Waals surface area contributed by atoms with E-state index in [0.717, 1.165) is 5.56 Å². The second-order valence-electron chi connectivity index (χ2n) is 4.26. The van der Waals surface area contributed by atoms with E-state index in [1.165, 1.54) is 6.21 Å². The number of hydrogen-bond donors (Lipinski definition) is 2. The molecule has 0 aliphatic carbocycles. The van der Waals surface area contributed by atoms with Gasteiger partial charge in [-0.15, -0.1) is 0 Å². The van der Waals surface area contributed by atoms with E-state index in [1.54, 1.807) is 29.2 Å². The Bertz CT molecular complexity index is 507. The molecule has 0 spiro atoms. The number of nitrogens with two attached hydrogens (primary N) is 1. The molecule has 1 aliphatic heterocycles. The van der Waals surface area contributed by atoms with Gasteiger partial charge in [-0.1, -0.05) is 12.1 Å². The highest BCUT2D eigenvalue weighted by Gasteiger charge is 2.17. The molecular formula is C13H16N4O3. The predicted molar refractivity (Wildman–Crippen MR) is 73.5 cm³/mol. The third-order valence-corrected chi connectivity index (χ3v) is 2.84. The number of rotatable bonds is 3. The van der Waals surface area contributed by atoms with Crippen molar-refractivity contribution in [2.45, 2.75) is 0 Å². The van der Waals surface area contributed by atoms with Gasteiger partial charge in [0.15, 0.2) is 0 Å². The molecular weight excluding hydrogens is 260 g/mol. The van der Waals surface area contributed by atoms with Crippen LogP contribution in [0.1, 0.15) is 15.9 Å². The van der Waals surface area contributed by atoms with Crippen LogP contribution in [-0.4, -0.2) is 49.4 Å². The zero-order chi connectivity index (χ0) is 14.4.